The zero-order chi connectivity index (χ0) is 85.4. The van der Waals surface area contributed by atoms with Gasteiger partial charge in [0.25, 0.3) is 0 Å². The maximum atomic E-state index is 11.0. The second kappa shape index (κ2) is 69.8. The lowest BCUT2D eigenvalue weighted by Gasteiger charge is -2.33. The first kappa shape index (κ1) is 110. The minimum absolute atomic E-state index is 0.146. The Hall–Kier alpha value is -6.88. The van der Waals surface area contributed by atoms with Crippen LogP contribution >= 0.6 is 0 Å². The number of ketones is 9. The van der Waals surface area contributed by atoms with Crippen LogP contribution in [0.25, 0.3) is 10.4 Å². The van der Waals surface area contributed by atoms with Crippen LogP contribution in [-0.4, -0.2) is 290 Å². The van der Waals surface area contributed by atoms with Gasteiger partial charge in [-0.05, 0) is 233 Å². The maximum absolute atomic E-state index is 11.0. The van der Waals surface area contributed by atoms with Crippen LogP contribution in [0.1, 0.15) is 196 Å². The van der Waals surface area contributed by atoms with Gasteiger partial charge in [0.1, 0.15) is 52.0 Å². The summed E-state index contributed by atoms with van der Waals surface area (Å²) in [5, 5.41) is 3.39. The normalized spacial score (nSPS) is 13.8. The zero-order valence-corrected chi connectivity index (χ0v) is 73.7. The van der Waals surface area contributed by atoms with Crippen molar-refractivity contribution in [1.82, 2.24) is 44.1 Å². The van der Waals surface area contributed by atoms with E-state index in [1.807, 2.05) is 130 Å². The highest BCUT2D eigenvalue weighted by Crippen LogP contribution is 2.29. The molecular formula is C88H152N12O11. The van der Waals surface area contributed by atoms with Gasteiger partial charge < -0.3 is 9.47 Å². The number of hydrogen-bond donors (Lipinski definition) is 0. The lowest BCUT2D eigenvalue weighted by Crippen LogP contribution is -2.39. The number of hydrogen-bond acceptors (Lipinski definition) is 21. The molecule has 0 amide bonds. The predicted molar refractivity (Wildman–Crippen MR) is 457 cm³/mol. The molecule has 5 rings (SSSR count). The Bertz CT molecular complexity index is 2930. The molecule has 0 saturated heterocycles. The van der Waals surface area contributed by atoms with Gasteiger partial charge in [0.05, 0.1) is 78.7 Å². The van der Waals surface area contributed by atoms with Gasteiger partial charge in [-0.1, -0.05) is 141 Å². The summed E-state index contributed by atoms with van der Waals surface area (Å²) in [6.45, 7) is 34.8. The number of methoxy groups -OCH3 is 2. The van der Waals surface area contributed by atoms with Crippen LogP contribution in [0.5, 0.6) is 0 Å². The van der Waals surface area contributed by atoms with Gasteiger partial charge in [0, 0.05) is 69.0 Å². The molecule has 23 nitrogen and oxygen atoms in total. The van der Waals surface area contributed by atoms with Crippen molar-refractivity contribution in [3.05, 3.63) is 118 Å². The number of nitrogens with zero attached hydrogens (tertiary/aromatic N) is 12. The molecule has 2 saturated carbocycles. The number of rotatable bonds is 39. The molecule has 0 heterocycles. The minimum atomic E-state index is 0.146. The smallest absolute Gasteiger partial charge is 0.143 e. The Morgan fingerprint density at radius 2 is 0.748 bits per heavy atom. The molecular weight excluding hydrogens is 1400 g/mol. The molecule has 2 aliphatic rings. The summed E-state index contributed by atoms with van der Waals surface area (Å²) in [7, 11) is 20.9. The van der Waals surface area contributed by atoms with Crippen LogP contribution in [0.3, 0.4) is 0 Å². The van der Waals surface area contributed by atoms with Crippen molar-refractivity contribution >= 4 is 52.0 Å². The van der Waals surface area contributed by atoms with Crippen molar-refractivity contribution < 1.29 is 52.6 Å². The van der Waals surface area contributed by atoms with Crippen LogP contribution in [-0.2, 0) is 59.2 Å². The fourth-order valence-electron chi connectivity index (χ4n) is 12.3. The average Bonchev–Trinajstić information content (AvgIpc) is 0.902. The van der Waals surface area contributed by atoms with Crippen molar-refractivity contribution in [2.45, 2.75) is 204 Å². The van der Waals surface area contributed by atoms with Crippen LogP contribution in [0.15, 0.2) is 96.1 Å². The highest BCUT2D eigenvalue weighted by Gasteiger charge is 2.25. The molecule has 0 bridgehead atoms. The van der Waals surface area contributed by atoms with Gasteiger partial charge in [0.2, 0.25) is 0 Å². The van der Waals surface area contributed by atoms with E-state index < -0.39 is 0 Å². The molecule has 0 spiro atoms. The minimum Gasteiger partial charge on any atom is -0.383 e. The largest absolute Gasteiger partial charge is 0.383 e. The summed E-state index contributed by atoms with van der Waals surface area (Å²) in [6, 6.07) is 32.6. The van der Waals surface area contributed by atoms with Gasteiger partial charge >= 0.3 is 0 Å². The molecule has 2 fully saturated rings. The number of carbonyl (C=O) groups excluding carboxylic acids is 9. The molecule has 3 aromatic rings. The Labute approximate surface area is 673 Å². The highest BCUT2D eigenvalue weighted by molar-refractivity contribution is 5.80. The Kier molecular flexibility index (Phi) is 69.5. The summed E-state index contributed by atoms with van der Waals surface area (Å²) >= 11 is 0. The van der Waals surface area contributed by atoms with Crippen LogP contribution < -0.4 is 0 Å². The van der Waals surface area contributed by atoms with Crippen LogP contribution in [0.4, 0.5) is 0 Å². The molecule has 2 unspecified atom stereocenters. The first-order valence-corrected chi connectivity index (χ1v) is 39.5. The quantitative estimate of drug-likeness (QED) is 0.0169. The second-order valence-corrected chi connectivity index (χ2v) is 30.5. The third kappa shape index (κ3) is 67.4. The first-order valence-electron chi connectivity index (χ1n) is 39.5. The van der Waals surface area contributed by atoms with E-state index in [-0.39, 0.29) is 52.0 Å². The molecule has 3 aromatic carbocycles. The van der Waals surface area contributed by atoms with Crippen LogP contribution in [0, 0.1) is 24.2 Å². The standard InChI is InChI=1S/2C12H23NO.2C12H17NO.C11H15NO.C8H17NO2.C7H14N4O.C7H15NO2.C7H11NO/c4*1-10(14)9-13(3)11(2)12-7-5-4-6-8-12;1-10(13)8-12(2)9-11-6-4-3-5-7-11;1-7(6-11-4)9(3)5-8(2)10;1-7(12)6-11(2)5-3-4-9-10-8;1-7(9)6-8(2)4-5-10-3;1-4-5-8(3)6-7(2)9/h2*11-12H,4-9H2,1-3H3;2*4-8,11H,9H2,1-3H3;3-7H,8-9H2,1-2H3;7H,5-6H2,1-4H3;3-6H2,1-2H3;4-6H2,1-3H3;1H,5-6H2,2-3H3/t11-;;11-;;;7-;;;/m1.0..0.../s1. The molecule has 23 heteroatoms. The van der Waals surface area contributed by atoms with Gasteiger partial charge in [0.15, 0.2) is 0 Å². The van der Waals surface area contributed by atoms with E-state index >= 15 is 0 Å². The van der Waals surface area contributed by atoms with E-state index in [1.165, 1.54) is 80.9 Å². The van der Waals surface area contributed by atoms with Gasteiger partial charge in [-0.2, -0.15) is 0 Å². The van der Waals surface area contributed by atoms with Crippen molar-refractivity contribution in [2.24, 2.45) is 17.0 Å². The molecule has 111 heavy (non-hydrogen) atoms. The second-order valence-electron chi connectivity index (χ2n) is 30.5. The zero-order valence-electron chi connectivity index (χ0n) is 73.7. The first-order chi connectivity index (χ1) is 52.2. The van der Waals surface area contributed by atoms with Gasteiger partial charge in [-0.15, -0.1) is 6.42 Å². The number of Topliss-reactive ketones (excluding diaryl/α,β-unsaturated/α-hetero) is 9. The Morgan fingerprint density at radius 3 is 1.07 bits per heavy atom. The fraction of sp³-hybridized carbons (Fsp3) is 0.670. The summed E-state index contributed by atoms with van der Waals surface area (Å²) < 4.78 is 9.79. The van der Waals surface area contributed by atoms with Crippen molar-refractivity contribution in [2.75, 3.05) is 176 Å². The van der Waals surface area contributed by atoms with E-state index in [4.69, 9.17) is 21.4 Å². The summed E-state index contributed by atoms with van der Waals surface area (Å²) in [5.41, 5.74) is 11.7. The number of ether oxygens (including phenoxy) is 2. The lowest BCUT2D eigenvalue weighted by atomic mass is 9.84. The summed E-state index contributed by atoms with van der Waals surface area (Å²) in [6.07, 6.45) is 19.5. The molecule has 630 valence electrons. The average molecular weight is 1550 g/mol. The lowest BCUT2D eigenvalue weighted by molar-refractivity contribution is -0.119. The summed E-state index contributed by atoms with van der Waals surface area (Å²) in [5.74, 6) is 5.92. The molecule has 5 atom stereocenters. The third-order valence-corrected chi connectivity index (χ3v) is 18.6. The fourth-order valence-corrected chi connectivity index (χ4v) is 12.3. The summed E-state index contributed by atoms with van der Waals surface area (Å²) in [4.78, 5) is 118. The SMILES string of the molecule is C#CCN(C)CC(C)=O.CC(=O)CN(C)C(C)C1CCCCC1.CC(=O)CN(C)C(C)c1ccccc1.CC(=O)CN(C)CCCN=[N+]=[N-].CC(=O)CN(C)Cc1ccccc1.CC(=O)CN(C)[C@@H](C)c1ccccc1.CC(=O)CN(C)[C@H](C)C1CCCCC1.COCCN(C)CC(C)=O.COC[C@H](C)N(C)CC(C)=O. The van der Waals surface area contributed by atoms with E-state index in [0.717, 1.165) is 37.9 Å². The van der Waals surface area contributed by atoms with E-state index in [2.05, 4.69) is 114 Å². The number of benzene rings is 3. The van der Waals surface area contributed by atoms with Crippen molar-refractivity contribution in [3.63, 3.8) is 0 Å². The van der Waals surface area contributed by atoms with Crippen molar-refractivity contribution in [3.8, 4) is 12.3 Å². The Morgan fingerprint density at radius 1 is 0.432 bits per heavy atom. The monoisotopic (exact) mass is 1550 g/mol. The number of terminal acetylenes is 1. The number of likely N-dealkylation sites (N-methyl/N-ethyl adjacent to an activating group) is 9. The predicted octanol–water partition coefficient (Wildman–Crippen LogP) is 13.2. The molecule has 0 N–H and O–H groups in total. The van der Waals surface area contributed by atoms with E-state index in [1.54, 1.807) is 81.4 Å². The van der Waals surface area contributed by atoms with Crippen LogP contribution in [0.2, 0.25) is 0 Å². The maximum Gasteiger partial charge on any atom is 0.143 e. The van der Waals surface area contributed by atoms with E-state index in [0.29, 0.717) is 115 Å². The van der Waals surface area contributed by atoms with Crippen molar-refractivity contribution in [1.29, 1.82) is 0 Å². The van der Waals surface area contributed by atoms with Gasteiger partial charge in [-0.25, -0.2) is 0 Å². The van der Waals surface area contributed by atoms with Gasteiger partial charge in [-0.3, -0.25) is 87.3 Å². The molecule has 0 aromatic heterocycles. The molecule has 2 aliphatic carbocycles. The Balaban J connectivity index is -0.000000582. The molecule has 0 aliphatic heterocycles. The third-order valence-electron chi connectivity index (χ3n) is 18.6. The number of carbonyl (C=O) groups is 9. The number of azide groups is 1. The topological polar surface area (TPSA) is 250 Å². The molecule has 0 radical (unpaired) electrons. The van der Waals surface area contributed by atoms with E-state index in [9.17, 15) is 43.2 Å². The highest BCUT2D eigenvalue weighted by atomic mass is 16.5.